The largest absolute Gasteiger partial charge is 0.495 e. The third-order valence-corrected chi connectivity index (χ3v) is 4.32. The predicted molar refractivity (Wildman–Crippen MR) is 80.2 cm³/mol. The molecule has 0 atom stereocenters. The number of benzene rings is 1. The van der Waals surface area contributed by atoms with Crippen LogP contribution in [0.5, 0.6) is 5.75 Å². The number of hydrogen-bond donors (Lipinski definition) is 2. The highest BCUT2D eigenvalue weighted by atomic mass is 79.9. The van der Waals surface area contributed by atoms with Crippen LogP contribution < -0.4 is 15.2 Å². The number of anilines is 2. The predicted octanol–water partition coefficient (Wildman–Crippen LogP) is 2.24. The maximum Gasteiger partial charge on any atom is 0.263 e. The Morgan fingerprint density at radius 3 is 2.65 bits per heavy atom. The number of aromatic nitrogens is 1. The monoisotopic (exact) mass is 357 g/mol. The fourth-order valence-electron chi connectivity index (χ4n) is 1.51. The van der Waals surface area contributed by atoms with E-state index in [-0.39, 0.29) is 10.7 Å². The summed E-state index contributed by atoms with van der Waals surface area (Å²) in [6.45, 7) is 0. The highest BCUT2D eigenvalue weighted by Gasteiger charge is 2.17. The lowest BCUT2D eigenvalue weighted by Gasteiger charge is -2.12. The second-order valence-electron chi connectivity index (χ2n) is 3.87. The highest BCUT2D eigenvalue weighted by molar-refractivity contribution is 9.10. The lowest BCUT2D eigenvalue weighted by atomic mass is 10.3. The molecule has 0 unspecified atom stereocenters. The summed E-state index contributed by atoms with van der Waals surface area (Å²) in [6.07, 6.45) is 1.20. The molecule has 8 heteroatoms. The van der Waals surface area contributed by atoms with Crippen molar-refractivity contribution < 1.29 is 13.2 Å². The summed E-state index contributed by atoms with van der Waals surface area (Å²) in [5.74, 6) is 0.671. The zero-order valence-corrected chi connectivity index (χ0v) is 12.9. The highest BCUT2D eigenvalue weighted by Crippen LogP contribution is 2.29. The standard InChI is InChI=1S/C12H12BrN3O3S/c1-19-11-4-2-8(13)6-10(11)16-20(17,18)9-3-5-12(14)15-7-9/h2-7,16H,1H3,(H2,14,15). The molecular formula is C12H12BrN3O3S. The molecule has 1 heterocycles. The fourth-order valence-corrected chi connectivity index (χ4v) is 2.88. The van der Waals surface area contributed by atoms with E-state index in [4.69, 9.17) is 10.5 Å². The minimum Gasteiger partial charge on any atom is -0.495 e. The molecule has 0 aliphatic heterocycles. The summed E-state index contributed by atoms with van der Waals surface area (Å²) in [4.78, 5) is 3.79. The molecular weight excluding hydrogens is 346 g/mol. The Bertz CT molecular complexity index is 717. The van der Waals surface area contributed by atoms with Crippen LogP contribution in [0.2, 0.25) is 0 Å². The molecule has 20 heavy (non-hydrogen) atoms. The quantitative estimate of drug-likeness (QED) is 0.874. The topological polar surface area (TPSA) is 94.3 Å². The Kier molecular flexibility index (Phi) is 4.15. The summed E-state index contributed by atoms with van der Waals surface area (Å²) < 4.78 is 32.8. The first-order chi connectivity index (χ1) is 9.42. The summed E-state index contributed by atoms with van der Waals surface area (Å²) >= 11 is 3.28. The van der Waals surface area contributed by atoms with Crippen LogP contribution in [-0.2, 0) is 10.0 Å². The Balaban J connectivity index is 2.37. The molecule has 0 aliphatic carbocycles. The van der Waals surface area contributed by atoms with Gasteiger partial charge in [-0.15, -0.1) is 0 Å². The number of methoxy groups -OCH3 is 1. The first-order valence-electron chi connectivity index (χ1n) is 5.50. The van der Waals surface area contributed by atoms with Crippen LogP contribution in [0.3, 0.4) is 0 Å². The van der Waals surface area contributed by atoms with Gasteiger partial charge in [0.2, 0.25) is 0 Å². The van der Waals surface area contributed by atoms with Crippen LogP contribution in [0.15, 0.2) is 45.9 Å². The number of nitrogens with one attached hydrogen (secondary N) is 1. The molecule has 0 fully saturated rings. The molecule has 0 amide bonds. The smallest absolute Gasteiger partial charge is 0.263 e. The summed E-state index contributed by atoms with van der Waals surface area (Å²) in [6, 6.07) is 7.83. The molecule has 0 spiro atoms. The minimum atomic E-state index is -3.75. The molecule has 3 N–H and O–H groups in total. The van der Waals surface area contributed by atoms with Crippen molar-refractivity contribution in [3.8, 4) is 5.75 Å². The number of nitrogens with two attached hydrogens (primary N) is 1. The third-order valence-electron chi connectivity index (χ3n) is 2.48. The van der Waals surface area contributed by atoms with E-state index < -0.39 is 10.0 Å². The van der Waals surface area contributed by atoms with E-state index >= 15 is 0 Å². The maximum absolute atomic E-state index is 12.2. The first kappa shape index (κ1) is 14.6. The molecule has 6 nitrogen and oxygen atoms in total. The normalized spacial score (nSPS) is 11.1. The summed E-state index contributed by atoms with van der Waals surface area (Å²) in [5, 5.41) is 0. The number of nitrogens with zero attached hydrogens (tertiary/aromatic N) is 1. The van der Waals surface area contributed by atoms with Gasteiger partial charge >= 0.3 is 0 Å². The van der Waals surface area contributed by atoms with Crippen LogP contribution in [0.1, 0.15) is 0 Å². The SMILES string of the molecule is COc1ccc(Br)cc1NS(=O)(=O)c1ccc(N)nc1. The molecule has 1 aromatic heterocycles. The van der Waals surface area contributed by atoms with Crippen molar-refractivity contribution in [2.75, 3.05) is 17.6 Å². The third kappa shape index (κ3) is 3.20. The molecule has 0 saturated heterocycles. The summed E-state index contributed by atoms with van der Waals surface area (Å²) in [5.41, 5.74) is 5.77. The number of ether oxygens (including phenoxy) is 1. The lowest BCUT2D eigenvalue weighted by Crippen LogP contribution is -2.14. The molecule has 1 aromatic carbocycles. The number of sulfonamides is 1. The maximum atomic E-state index is 12.2. The molecule has 2 aromatic rings. The van der Waals surface area contributed by atoms with Gasteiger partial charge in [0.25, 0.3) is 10.0 Å². The van der Waals surface area contributed by atoms with E-state index in [1.807, 2.05) is 0 Å². The zero-order chi connectivity index (χ0) is 14.8. The van der Waals surface area contributed by atoms with Crippen molar-refractivity contribution in [1.82, 2.24) is 4.98 Å². The first-order valence-corrected chi connectivity index (χ1v) is 7.78. The second-order valence-corrected chi connectivity index (χ2v) is 6.47. The lowest BCUT2D eigenvalue weighted by molar-refractivity contribution is 0.417. The van der Waals surface area contributed by atoms with Crippen molar-refractivity contribution in [3.63, 3.8) is 0 Å². The number of nitrogen functional groups attached to an aromatic ring is 1. The van der Waals surface area contributed by atoms with Crippen molar-refractivity contribution >= 4 is 37.5 Å². The Hall–Kier alpha value is -1.80. The van der Waals surface area contributed by atoms with Gasteiger partial charge in [-0.2, -0.15) is 0 Å². The Morgan fingerprint density at radius 2 is 2.05 bits per heavy atom. The van der Waals surface area contributed by atoms with E-state index in [0.717, 1.165) is 4.47 Å². The van der Waals surface area contributed by atoms with Crippen LogP contribution >= 0.6 is 15.9 Å². The number of rotatable bonds is 4. The van der Waals surface area contributed by atoms with E-state index in [0.29, 0.717) is 11.4 Å². The van der Waals surface area contributed by atoms with Gasteiger partial charge in [-0.05, 0) is 30.3 Å². The molecule has 2 rings (SSSR count). The van der Waals surface area contributed by atoms with Gasteiger partial charge < -0.3 is 10.5 Å². The van der Waals surface area contributed by atoms with Gasteiger partial charge in [0, 0.05) is 10.7 Å². The zero-order valence-electron chi connectivity index (χ0n) is 10.5. The van der Waals surface area contributed by atoms with Crippen LogP contribution in [0.4, 0.5) is 11.5 Å². The average molecular weight is 358 g/mol. The van der Waals surface area contributed by atoms with Crippen molar-refractivity contribution in [1.29, 1.82) is 0 Å². The van der Waals surface area contributed by atoms with Gasteiger partial charge in [-0.3, -0.25) is 4.72 Å². The van der Waals surface area contributed by atoms with E-state index in [1.165, 1.54) is 25.4 Å². The van der Waals surface area contributed by atoms with Crippen molar-refractivity contribution in [2.45, 2.75) is 4.90 Å². The van der Waals surface area contributed by atoms with E-state index in [1.54, 1.807) is 18.2 Å². The van der Waals surface area contributed by atoms with Gasteiger partial charge in [0.1, 0.15) is 16.5 Å². The van der Waals surface area contributed by atoms with Gasteiger partial charge in [-0.25, -0.2) is 13.4 Å². The molecule has 0 bridgehead atoms. The Morgan fingerprint density at radius 1 is 1.30 bits per heavy atom. The van der Waals surface area contributed by atoms with Gasteiger partial charge in [0.05, 0.1) is 12.8 Å². The number of pyridine rings is 1. The average Bonchev–Trinajstić information content (AvgIpc) is 2.39. The molecule has 106 valence electrons. The molecule has 0 radical (unpaired) electrons. The number of halogens is 1. The van der Waals surface area contributed by atoms with E-state index in [2.05, 4.69) is 25.6 Å². The van der Waals surface area contributed by atoms with Crippen LogP contribution in [-0.4, -0.2) is 20.5 Å². The van der Waals surface area contributed by atoms with Gasteiger partial charge in [-0.1, -0.05) is 15.9 Å². The van der Waals surface area contributed by atoms with Crippen molar-refractivity contribution in [2.24, 2.45) is 0 Å². The van der Waals surface area contributed by atoms with E-state index in [9.17, 15) is 8.42 Å². The molecule has 0 aliphatic rings. The fraction of sp³-hybridized carbons (Fsp3) is 0.0833. The minimum absolute atomic E-state index is 0.0220. The van der Waals surface area contributed by atoms with Gasteiger partial charge in [0.15, 0.2) is 0 Å². The number of hydrogen-bond acceptors (Lipinski definition) is 5. The second kappa shape index (κ2) is 5.68. The van der Waals surface area contributed by atoms with Crippen molar-refractivity contribution in [3.05, 3.63) is 41.0 Å². The summed E-state index contributed by atoms with van der Waals surface area (Å²) in [7, 11) is -2.28. The van der Waals surface area contributed by atoms with Crippen LogP contribution in [0, 0.1) is 0 Å². The van der Waals surface area contributed by atoms with Crippen LogP contribution in [0.25, 0.3) is 0 Å². The Labute approximate surface area is 125 Å². The molecule has 0 saturated carbocycles.